The Morgan fingerprint density at radius 2 is 1.88 bits per heavy atom. The number of rotatable bonds is 2. The third-order valence-electron chi connectivity index (χ3n) is 3.32. The quantitative estimate of drug-likeness (QED) is 0.814. The number of aliphatic hydroxyl groups is 1. The number of halogens is 1. The van der Waals surface area contributed by atoms with Crippen molar-refractivity contribution in [3.63, 3.8) is 0 Å². The molecule has 1 aliphatic carbocycles. The molecule has 2 rings (SSSR count). The first-order valence-corrected chi connectivity index (χ1v) is 6.01. The van der Waals surface area contributed by atoms with Crippen molar-refractivity contribution in [3.8, 4) is 0 Å². The van der Waals surface area contributed by atoms with Crippen LogP contribution in [0.3, 0.4) is 0 Å². The summed E-state index contributed by atoms with van der Waals surface area (Å²) < 4.78 is 13.8. The molecule has 0 aliphatic heterocycles. The molecule has 0 bridgehead atoms. The predicted molar refractivity (Wildman–Crippen MR) is 65.1 cm³/mol. The summed E-state index contributed by atoms with van der Waals surface area (Å²) in [5.74, 6) is -0.147. The summed E-state index contributed by atoms with van der Waals surface area (Å²) in [6, 6.07) is 5.41. The monoisotopic (exact) mass is 224 g/mol. The first kappa shape index (κ1) is 13.2. The Balaban J connectivity index is 0.000000606. The summed E-state index contributed by atoms with van der Waals surface area (Å²) >= 11 is 0. The van der Waals surface area contributed by atoms with Gasteiger partial charge in [-0.05, 0) is 37.8 Å². The van der Waals surface area contributed by atoms with Crippen LogP contribution in [0.25, 0.3) is 0 Å². The van der Waals surface area contributed by atoms with Crippen molar-refractivity contribution in [3.05, 3.63) is 35.1 Å². The van der Waals surface area contributed by atoms with Crippen LogP contribution in [0, 0.1) is 12.7 Å². The van der Waals surface area contributed by atoms with E-state index in [-0.39, 0.29) is 11.2 Å². The van der Waals surface area contributed by atoms with Crippen LogP contribution in [-0.2, 0) is 5.41 Å². The maximum atomic E-state index is 13.8. The van der Waals surface area contributed by atoms with Crippen molar-refractivity contribution in [2.45, 2.75) is 52.1 Å². The van der Waals surface area contributed by atoms with Gasteiger partial charge in [0.2, 0.25) is 0 Å². The zero-order chi connectivity index (χ0) is 12.3. The van der Waals surface area contributed by atoms with Gasteiger partial charge in [0.15, 0.2) is 0 Å². The van der Waals surface area contributed by atoms with E-state index in [1.807, 2.05) is 19.9 Å². The lowest BCUT2D eigenvalue weighted by Crippen LogP contribution is -2.24. The molecule has 1 aliphatic rings. The van der Waals surface area contributed by atoms with E-state index in [4.69, 9.17) is 0 Å². The molecule has 0 aromatic heterocycles. The largest absolute Gasteiger partial charge is 0.392 e. The zero-order valence-electron chi connectivity index (χ0n) is 10.5. The van der Waals surface area contributed by atoms with Crippen LogP contribution in [-0.4, -0.2) is 11.2 Å². The Hall–Kier alpha value is -0.890. The summed E-state index contributed by atoms with van der Waals surface area (Å²) in [5.41, 5.74) is 1.05. The minimum absolute atomic E-state index is 0.147. The molecule has 16 heavy (non-hydrogen) atoms. The summed E-state index contributed by atoms with van der Waals surface area (Å²) in [7, 11) is 0. The van der Waals surface area contributed by atoms with Gasteiger partial charge in [-0.25, -0.2) is 4.39 Å². The number of aryl methyl sites for hydroxylation is 1. The van der Waals surface area contributed by atoms with Gasteiger partial charge in [0, 0.05) is 5.41 Å². The van der Waals surface area contributed by atoms with Crippen LogP contribution in [0.15, 0.2) is 18.2 Å². The summed E-state index contributed by atoms with van der Waals surface area (Å²) in [4.78, 5) is 0. The smallest absolute Gasteiger partial charge is 0.129 e. The number of hydrogen-bond donors (Lipinski definition) is 1. The van der Waals surface area contributed by atoms with Gasteiger partial charge in [-0.3, -0.25) is 0 Å². The van der Waals surface area contributed by atoms with E-state index in [2.05, 4.69) is 0 Å². The van der Waals surface area contributed by atoms with Crippen molar-refractivity contribution in [1.29, 1.82) is 0 Å². The Kier molecular flexibility index (Phi) is 4.09. The highest BCUT2D eigenvalue weighted by Gasteiger charge is 2.49. The standard InChI is InChI=1S/C12H15FO.C2H6/c1-8-4-3-5-10(11(8)13)12(6-7-12)9(2)14;1-2/h3-5,9,14H,6-7H2,1-2H3;1-2H3. The molecule has 1 N–H and O–H groups in total. The minimum atomic E-state index is -0.459. The Bertz CT molecular complexity index is 354. The molecule has 0 spiro atoms. The molecule has 1 unspecified atom stereocenters. The Labute approximate surface area is 97.3 Å². The molecule has 1 fully saturated rings. The molecular weight excluding hydrogens is 203 g/mol. The average Bonchev–Trinajstić information content (AvgIpc) is 3.06. The van der Waals surface area contributed by atoms with Crippen molar-refractivity contribution in [2.75, 3.05) is 0 Å². The first-order valence-electron chi connectivity index (χ1n) is 6.01. The number of benzene rings is 1. The summed E-state index contributed by atoms with van der Waals surface area (Å²) in [6.07, 6.45) is 1.33. The van der Waals surface area contributed by atoms with E-state index < -0.39 is 6.10 Å². The topological polar surface area (TPSA) is 20.2 Å². The van der Waals surface area contributed by atoms with Gasteiger partial charge in [-0.2, -0.15) is 0 Å². The molecule has 1 aromatic carbocycles. The Morgan fingerprint density at radius 1 is 1.31 bits per heavy atom. The molecule has 2 heteroatoms. The maximum Gasteiger partial charge on any atom is 0.129 e. The lowest BCUT2D eigenvalue weighted by molar-refractivity contribution is 0.148. The molecule has 1 atom stereocenters. The van der Waals surface area contributed by atoms with Crippen LogP contribution in [0.4, 0.5) is 4.39 Å². The molecule has 1 aromatic rings. The van der Waals surface area contributed by atoms with Gasteiger partial charge in [-0.1, -0.05) is 32.0 Å². The van der Waals surface area contributed by atoms with Gasteiger partial charge in [0.25, 0.3) is 0 Å². The van der Waals surface area contributed by atoms with Crippen LogP contribution < -0.4 is 0 Å². The summed E-state index contributed by atoms with van der Waals surface area (Å²) in [5, 5.41) is 9.64. The van der Waals surface area contributed by atoms with Crippen LogP contribution in [0.5, 0.6) is 0 Å². The molecule has 1 saturated carbocycles. The fourth-order valence-electron chi connectivity index (χ4n) is 2.08. The van der Waals surface area contributed by atoms with Crippen molar-refractivity contribution in [1.82, 2.24) is 0 Å². The van der Waals surface area contributed by atoms with Crippen molar-refractivity contribution in [2.24, 2.45) is 0 Å². The van der Waals surface area contributed by atoms with Gasteiger partial charge < -0.3 is 5.11 Å². The highest BCUT2D eigenvalue weighted by molar-refractivity contribution is 5.37. The lowest BCUT2D eigenvalue weighted by atomic mass is 9.89. The average molecular weight is 224 g/mol. The minimum Gasteiger partial charge on any atom is -0.392 e. The molecule has 0 heterocycles. The van der Waals surface area contributed by atoms with Crippen molar-refractivity contribution < 1.29 is 9.50 Å². The van der Waals surface area contributed by atoms with E-state index in [1.54, 1.807) is 26.0 Å². The lowest BCUT2D eigenvalue weighted by Gasteiger charge is -2.20. The van der Waals surface area contributed by atoms with E-state index in [0.29, 0.717) is 11.1 Å². The van der Waals surface area contributed by atoms with Crippen molar-refractivity contribution >= 4 is 0 Å². The second kappa shape index (κ2) is 4.96. The summed E-state index contributed by atoms with van der Waals surface area (Å²) in [6.45, 7) is 7.51. The first-order chi connectivity index (χ1) is 7.58. The third-order valence-corrected chi connectivity index (χ3v) is 3.32. The molecule has 0 amide bonds. The molecule has 0 radical (unpaired) electrons. The fraction of sp³-hybridized carbons (Fsp3) is 0.571. The van der Waals surface area contributed by atoms with Gasteiger partial charge >= 0.3 is 0 Å². The fourth-order valence-corrected chi connectivity index (χ4v) is 2.08. The second-order valence-corrected chi connectivity index (χ2v) is 4.27. The maximum absolute atomic E-state index is 13.8. The van der Waals surface area contributed by atoms with E-state index in [9.17, 15) is 9.50 Å². The van der Waals surface area contributed by atoms with Crippen LogP contribution >= 0.6 is 0 Å². The number of aliphatic hydroxyl groups excluding tert-OH is 1. The van der Waals surface area contributed by atoms with Gasteiger partial charge in [0.1, 0.15) is 5.82 Å². The van der Waals surface area contributed by atoms with Gasteiger partial charge in [-0.15, -0.1) is 0 Å². The van der Waals surface area contributed by atoms with Crippen LogP contribution in [0.1, 0.15) is 44.7 Å². The van der Waals surface area contributed by atoms with E-state index >= 15 is 0 Å². The normalized spacial score (nSPS) is 18.4. The molecule has 90 valence electrons. The molecule has 1 nitrogen and oxygen atoms in total. The van der Waals surface area contributed by atoms with E-state index in [1.165, 1.54) is 0 Å². The highest BCUT2D eigenvalue weighted by Crippen LogP contribution is 2.51. The highest BCUT2D eigenvalue weighted by atomic mass is 19.1. The second-order valence-electron chi connectivity index (χ2n) is 4.27. The zero-order valence-corrected chi connectivity index (χ0v) is 10.5. The SMILES string of the molecule is CC.Cc1cccc(C2(C(C)O)CC2)c1F. The van der Waals surface area contributed by atoms with Crippen LogP contribution in [0.2, 0.25) is 0 Å². The predicted octanol–water partition coefficient (Wildman–Crippen LogP) is 3.57. The Morgan fingerprint density at radius 3 is 2.31 bits per heavy atom. The number of hydrogen-bond acceptors (Lipinski definition) is 1. The molecule has 0 saturated heterocycles. The third kappa shape index (κ3) is 2.12. The van der Waals surface area contributed by atoms with Gasteiger partial charge in [0.05, 0.1) is 6.10 Å². The molecular formula is C14H21FO. The van der Waals surface area contributed by atoms with E-state index in [0.717, 1.165) is 12.8 Å².